The first-order valence-electron chi connectivity index (χ1n) is 6.35. The summed E-state index contributed by atoms with van der Waals surface area (Å²) >= 11 is 9.26. The minimum absolute atomic E-state index is 0.251. The number of alkyl halides is 1. The molecular formula is C15H15BrClNO2S. The summed E-state index contributed by atoms with van der Waals surface area (Å²) in [5.74, 6) is 0. The van der Waals surface area contributed by atoms with E-state index in [4.69, 9.17) is 11.6 Å². The molecule has 0 radical (unpaired) electrons. The van der Waals surface area contributed by atoms with Crippen molar-refractivity contribution >= 4 is 37.6 Å². The molecule has 1 atom stereocenters. The van der Waals surface area contributed by atoms with Crippen LogP contribution in [0, 0.1) is 0 Å². The van der Waals surface area contributed by atoms with E-state index in [1.807, 2.05) is 6.07 Å². The van der Waals surface area contributed by atoms with Crippen molar-refractivity contribution < 1.29 is 8.42 Å². The quantitative estimate of drug-likeness (QED) is 0.777. The van der Waals surface area contributed by atoms with Crippen molar-refractivity contribution in [2.75, 3.05) is 0 Å². The normalized spacial score (nSPS) is 13.1. The Morgan fingerprint density at radius 3 is 2.43 bits per heavy atom. The Morgan fingerprint density at radius 1 is 1.19 bits per heavy atom. The number of rotatable bonds is 5. The Morgan fingerprint density at radius 2 is 1.86 bits per heavy atom. The van der Waals surface area contributed by atoms with Crippen molar-refractivity contribution in [3.63, 3.8) is 0 Å². The highest BCUT2D eigenvalue weighted by Crippen LogP contribution is 2.20. The van der Waals surface area contributed by atoms with Crippen molar-refractivity contribution in [1.82, 2.24) is 4.72 Å². The highest BCUT2D eigenvalue weighted by atomic mass is 79.9. The number of hydrogen-bond donors (Lipinski definition) is 1. The molecule has 0 aliphatic heterocycles. The largest absolute Gasteiger partial charge is 0.241 e. The molecule has 0 bridgehead atoms. The average Bonchev–Trinajstić information content (AvgIpc) is 2.47. The van der Waals surface area contributed by atoms with E-state index in [-0.39, 0.29) is 10.9 Å². The zero-order valence-electron chi connectivity index (χ0n) is 11.4. The van der Waals surface area contributed by atoms with E-state index in [0.717, 1.165) is 11.1 Å². The topological polar surface area (TPSA) is 46.2 Å². The van der Waals surface area contributed by atoms with Crippen LogP contribution in [0.25, 0.3) is 0 Å². The Bertz CT molecular complexity index is 717. The smallest absolute Gasteiger partial charge is 0.207 e. The van der Waals surface area contributed by atoms with Crippen LogP contribution in [-0.4, -0.2) is 8.42 Å². The van der Waals surface area contributed by atoms with Gasteiger partial charge in [0.2, 0.25) is 10.0 Å². The van der Waals surface area contributed by atoms with Gasteiger partial charge < -0.3 is 0 Å². The number of nitrogens with one attached hydrogen (secondary N) is 1. The van der Waals surface area contributed by atoms with Gasteiger partial charge in [0.15, 0.2) is 0 Å². The van der Waals surface area contributed by atoms with E-state index in [1.165, 1.54) is 0 Å². The van der Waals surface area contributed by atoms with Crippen LogP contribution in [-0.2, 0) is 15.4 Å². The van der Waals surface area contributed by atoms with Crippen LogP contribution in [0.5, 0.6) is 0 Å². The molecular weight excluding hydrogens is 374 g/mol. The van der Waals surface area contributed by atoms with Crippen molar-refractivity contribution in [1.29, 1.82) is 0 Å². The van der Waals surface area contributed by atoms with Crippen molar-refractivity contribution in [2.24, 2.45) is 0 Å². The van der Waals surface area contributed by atoms with Crippen LogP contribution >= 0.6 is 27.5 Å². The minimum Gasteiger partial charge on any atom is -0.207 e. The summed E-state index contributed by atoms with van der Waals surface area (Å²) in [4.78, 5) is 0.251. The molecule has 2 rings (SSSR count). The van der Waals surface area contributed by atoms with Crippen LogP contribution in [0.3, 0.4) is 0 Å². The summed E-state index contributed by atoms with van der Waals surface area (Å²) in [6, 6.07) is 13.6. The molecule has 0 aromatic heterocycles. The van der Waals surface area contributed by atoms with E-state index in [9.17, 15) is 8.42 Å². The fourth-order valence-electron chi connectivity index (χ4n) is 1.90. The molecule has 0 aliphatic carbocycles. The van der Waals surface area contributed by atoms with E-state index in [1.54, 1.807) is 49.4 Å². The second kappa shape index (κ2) is 6.92. The predicted molar refractivity (Wildman–Crippen MR) is 89.3 cm³/mol. The van der Waals surface area contributed by atoms with Gasteiger partial charge in [-0.25, -0.2) is 13.1 Å². The van der Waals surface area contributed by atoms with Gasteiger partial charge in [-0.3, -0.25) is 0 Å². The molecule has 0 fully saturated rings. The first-order valence-corrected chi connectivity index (χ1v) is 9.33. The molecule has 0 spiro atoms. The van der Waals surface area contributed by atoms with Crippen molar-refractivity contribution in [2.45, 2.75) is 23.2 Å². The van der Waals surface area contributed by atoms with Crippen molar-refractivity contribution in [3.8, 4) is 0 Å². The fourth-order valence-corrected chi connectivity index (χ4v) is 3.71. The molecule has 21 heavy (non-hydrogen) atoms. The van der Waals surface area contributed by atoms with Gasteiger partial charge in [0.05, 0.1) is 4.90 Å². The van der Waals surface area contributed by atoms with Gasteiger partial charge in [0, 0.05) is 16.4 Å². The predicted octanol–water partition coefficient (Wildman–Crippen LogP) is 4.27. The third-order valence-electron chi connectivity index (χ3n) is 3.07. The molecule has 0 amide bonds. The highest BCUT2D eigenvalue weighted by molar-refractivity contribution is 9.08. The van der Waals surface area contributed by atoms with E-state index < -0.39 is 10.0 Å². The number of sulfonamides is 1. The molecule has 0 saturated heterocycles. The SMILES string of the molecule is C[C@@H](NS(=O)(=O)c1ccc(CBr)cc1)c1cccc(Cl)c1. The average molecular weight is 389 g/mol. The lowest BCUT2D eigenvalue weighted by Crippen LogP contribution is -2.26. The first-order chi connectivity index (χ1) is 9.92. The zero-order chi connectivity index (χ0) is 15.5. The lowest BCUT2D eigenvalue weighted by Gasteiger charge is -2.15. The second-order valence-electron chi connectivity index (χ2n) is 4.68. The third kappa shape index (κ3) is 4.30. The fraction of sp³-hybridized carbons (Fsp3) is 0.200. The van der Waals surface area contributed by atoms with Gasteiger partial charge in [0.1, 0.15) is 0 Å². The summed E-state index contributed by atoms with van der Waals surface area (Å²) in [5, 5.41) is 1.28. The summed E-state index contributed by atoms with van der Waals surface area (Å²) in [6.45, 7) is 1.79. The molecule has 0 heterocycles. The van der Waals surface area contributed by atoms with E-state index >= 15 is 0 Å². The lowest BCUT2D eigenvalue weighted by molar-refractivity contribution is 0.567. The summed E-state index contributed by atoms with van der Waals surface area (Å²) in [5.41, 5.74) is 1.85. The van der Waals surface area contributed by atoms with E-state index in [2.05, 4.69) is 20.7 Å². The Hall–Kier alpha value is -0.880. The van der Waals surface area contributed by atoms with Gasteiger partial charge in [-0.15, -0.1) is 0 Å². The molecule has 6 heteroatoms. The van der Waals surface area contributed by atoms with Gasteiger partial charge in [0.25, 0.3) is 0 Å². The van der Waals surface area contributed by atoms with Crippen LogP contribution < -0.4 is 4.72 Å². The summed E-state index contributed by atoms with van der Waals surface area (Å²) < 4.78 is 27.3. The van der Waals surface area contributed by atoms with Gasteiger partial charge in [-0.1, -0.05) is 51.8 Å². The van der Waals surface area contributed by atoms with Gasteiger partial charge in [-0.05, 0) is 42.3 Å². The maximum Gasteiger partial charge on any atom is 0.241 e. The third-order valence-corrected chi connectivity index (χ3v) is 5.51. The maximum absolute atomic E-state index is 12.3. The van der Waals surface area contributed by atoms with Crippen LogP contribution in [0.1, 0.15) is 24.1 Å². The minimum atomic E-state index is -3.55. The molecule has 2 aromatic carbocycles. The number of benzene rings is 2. The Kier molecular flexibility index (Phi) is 5.43. The Balaban J connectivity index is 2.20. The van der Waals surface area contributed by atoms with E-state index in [0.29, 0.717) is 10.4 Å². The van der Waals surface area contributed by atoms with Crippen LogP contribution in [0.2, 0.25) is 5.02 Å². The molecule has 1 N–H and O–H groups in total. The molecule has 2 aromatic rings. The maximum atomic E-state index is 12.3. The lowest BCUT2D eigenvalue weighted by atomic mass is 10.1. The number of hydrogen-bond acceptors (Lipinski definition) is 2. The first kappa shape index (κ1) is 16.5. The van der Waals surface area contributed by atoms with Crippen LogP contribution in [0.4, 0.5) is 0 Å². The molecule has 0 unspecified atom stereocenters. The molecule has 112 valence electrons. The summed E-state index contributed by atoms with van der Waals surface area (Å²) in [7, 11) is -3.55. The highest BCUT2D eigenvalue weighted by Gasteiger charge is 2.18. The Labute approximate surface area is 138 Å². The standard InChI is InChI=1S/C15H15BrClNO2S/c1-11(13-3-2-4-14(17)9-13)18-21(19,20)15-7-5-12(10-16)6-8-15/h2-9,11,18H,10H2,1H3/t11-/m1/s1. The summed E-state index contributed by atoms with van der Waals surface area (Å²) in [6.07, 6.45) is 0. The van der Waals surface area contributed by atoms with Crippen LogP contribution in [0.15, 0.2) is 53.4 Å². The molecule has 0 aliphatic rings. The molecule has 3 nitrogen and oxygen atoms in total. The van der Waals surface area contributed by atoms with Gasteiger partial charge in [-0.2, -0.15) is 0 Å². The molecule has 0 saturated carbocycles. The van der Waals surface area contributed by atoms with Gasteiger partial charge >= 0.3 is 0 Å². The number of halogens is 2. The zero-order valence-corrected chi connectivity index (χ0v) is 14.5. The van der Waals surface area contributed by atoms with Crippen molar-refractivity contribution in [3.05, 3.63) is 64.7 Å². The second-order valence-corrected chi connectivity index (χ2v) is 7.39. The monoisotopic (exact) mass is 387 g/mol.